The van der Waals surface area contributed by atoms with Gasteiger partial charge in [0.15, 0.2) is 0 Å². The summed E-state index contributed by atoms with van der Waals surface area (Å²) in [7, 11) is -2.17. The third-order valence-electron chi connectivity index (χ3n) is 5.36. The van der Waals surface area contributed by atoms with Crippen LogP contribution in [0.5, 0.6) is 17.2 Å². The molecule has 1 aliphatic rings. The number of anilines is 1. The molecule has 2 aromatic carbocycles. The van der Waals surface area contributed by atoms with Gasteiger partial charge in [0.25, 0.3) is 5.91 Å². The van der Waals surface area contributed by atoms with Crippen LogP contribution in [-0.4, -0.2) is 43.8 Å². The summed E-state index contributed by atoms with van der Waals surface area (Å²) in [5.41, 5.74) is 0.677. The zero-order valence-electron chi connectivity index (χ0n) is 18.2. The third kappa shape index (κ3) is 5.32. The Labute approximate surface area is 193 Å². The molecule has 172 valence electrons. The minimum atomic E-state index is -3.64. The summed E-state index contributed by atoms with van der Waals surface area (Å²) in [6.45, 7) is 1.01. The topological polar surface area (TPSA) is 97.8 Å². The largest absolute Gasteiger partial charge is 0.495 e. The molecule has 8 nitrogen and oxygen atoms in total. The van der Waals surface area contributed by atoms with Gasteiger partial charge in [-0.25, -0.2) is 8.42 Å². The van der Waals surface area contributed by atoms with E-state index in [9.17, 15) is 13.2 Å². The lowest BCUT2D eigenvalue weighted by molar-refractivity contribution is 0.102. The molecule has 1 fully saturated rings. The Kier molecular flexibility index (Phi) is 6.90. The van der Waals surface area contributed by atoms with E-state index in [4.69, 9.17) is 9.47 Å². The average molecular weight is 468 g/mol. The molecule has 0 radical (unpaired) electrons. The van der Waals surface area contributed by atoms with Crippen molar-refractivity contribution in [3.8, 4) is 17.2 Å². The zero-order chi connectivity index (χ0) is 23.3. The first-order valence-electron chi connectivity index (χ1n) is 10.6. The molecule has 0 bridgehead atoms. The Bertz CT molecular complexity index is 1210. The maximum atomic E-state index is 13.0. The van der Waals surface area contributed by atoms with Crippen molar-refractivity contribution in [1.29, 1.82) is 0 Å². The fourth-order valence-corrected chi connectivity index (χ4v) is 5.16. The van der Waals surface area contributed by atoms with Crippen LogP contribution < -0.4 is 14.8 Å². The van der Waals surface area contributed by atoms with Crippen molar-refractivity contribution in [2.75, 3.05) is 25.5 Å². The van der Waals surface area contributed by atoms with Gasteiger partial charge in [-0.2, -0.15) is 4.31 Å². The number of piperidine rings is 1. The smallest absolute Gasteiger partial charge is 0.255 e. The lowest BCUT2D eigenvalue weighted by Crippen LogP contribution is -2.35. The lowest BCUT2D eigenvalue weighted by atomic mass is 10.2. The van der Waals surface area contributed by atoms with E-state index in [1.54, 1.807) is 54.9 Å². The van der Waals surface area contributed by atoms with Crippen molar-refractivity contribution < 1.29 is 22.7 Å². The highest BCUT2D eigenvalue weighted by atomic mass is 32.2. The Morgan fingerprint density at radius 1 is 1.00 bits per heavy atom. The molecule has 0 aliphatic carbocycles. The number of carbonyl (C=O) groups is 1. The van der Waals surface area contributed by atoms with E-state index >= 15 is 0 Å². The first kappa shape index (κ1) is 22.8. The van der Waals surface area contributed by atoms with E-state index < -0.39 is 15.9 Å². The van der Waals surface area contributed by atoms with Crippen molar-refractivity contribution >= 4 is 21.6 Å². The quantitative estimate of drug-likeness (QED) is 0.556. The molecule has 1 saturated heterocycles. The first-order chi connectivity index (χ1) is 16.0. The molecule has 9 heteroatoms. The Hall–Kier alpha value is -3.43. The van der Waals surface area contributed by atoms with Gasteiger partial charge < -0.3 is 14.8 Å². The fourth-order valence-electron chi connectivity index (χ4n) is 3.61. The number of amides is 1. The maximum absolute atomic E-state index is 13.0. The number of ether oxygens (including phenoxy) is 2. The highest BCUT2D eigenvalue weighted by Gasteiger charge is 2.27. The van der Waals surface area contributed by atoms with Gasteiger partial charge in [-0.3, -0.25) is 9.78 Å². The lowest BCUT2D eigenvalue weighted by Gasteiger charge is -2.26. The van der Waals surface area contributed by atoms with Gasteiger partial charge >= 0.3 is 0 Å². The number of benzene rings is 2. The summed E-state index contributed by atoms with van der Waals surface area (Å²) in [5.74, 6) is 1.13. The summed E-state index contributed by atoms with van der Waals surface area (Å²) >= 11 is 0. The number of carbonyl (C=O) groups excluding carboxylic acids is 1. The minimum absolute atomic E-state index is 0.126. The van der Waals surface area contributed by atoms with Crippen LogP contribution in [0, 0.1) is 0 Å². The van der Waals surface area contributed by atoms with Crippen LogP contribution in [0.1, 0.15) is 29.6 Å². The van der Waals surface area contributed by atoms with Crippen LogP contribution in [0.4, 0.5) is 5.69 Å². The van der Waals surface area contributed by atoms with Gasteiger partial charge in [0.05, 0.1) is 23.9 Å². The normalized spacial score (nSPS) is 14.5. The number of hydrogen-bond donors (Lipinski definition) is 1. The molecule has 0 atom stereocenters. The van der Waals surface area contributed by atoms with E-state index in [0.717, 1.165) is 19.3 Å². The molecule has 2 heterocycles. The highest BCUT2D eigenvalue weighted by molar-refractivity contribution is 7.89. The fraction of sp³-hybridized carbons (Fsp3) is 0.250. The van der Waals surface area contributed by atoms with Crippen LogP contribution in [0.15, 0.2) is 71.9 Å². The number of sulfonamides is 1. The van der Waals surface area contributed by atoms with Crippen LogP contribution in [0.25, 0.3) is 0 Å². The van der Waals surface area contributed by atoms with Gasteiger partial charge in [0, 0.05) is 24.8 Å². The Morgan fingerprint density at radius 3 is 2.42 bits per heavy atom. The van der Waals surface area contributed by atoms with Crippen molar-refractivity contribution in [3.05, 3.63) is 72.6 Å². The second-order valence-electron chi connectivity index (χ2n) is 7.60. The molecule has 0 saturated carbocycles. The molecule has 0 spiro atoms. The molecule has 1 amide bonds. The van der Waals surface area contributed by atoms with Gasteiger partial charge in [-0.1, -0.05) is 6.42 Å². The van der Waals surface area contributed by atoms with Crippen molar-refractivity contribution in [2.24, 2.45) is 0 Å². The number of nitrogens with one attached hydrogen (secondary N) is 1. The van der Waals surface area contributed by atoms with Crippen LogP contribution in [0.3, 0.4) is 0 Å². The molecule has 3 aromatic rings. The second-order valence-corrected chi connectivity index (χ2v) is 9.53. The Balaban J connectivity index is 1.51. The summed E-state index contributed by atoms with van der Waals surface area (Å²) in [6.07, 6.45) is 5.97. The van der Waals surface area contributed by atoms with E-state index in [2.05, 4.69) is 10.3 Å². The highest BCUT2D eigenvalue weighted by Crippen LogP contribution is 2.30. The van der Waals surface area contributed by atoms with Crippen LogP contribution >= 0.6 is 0 Å². The summed E-state index contributed by atoms with van der Waals surface area (Å²) in [4.78, 5) is 17.0. The van der Waals surface area contributed by atoms with E-state index in [0.29, 0.717) is 35.9 Å². The number of nitrogens with zero attached hydrogens (tertiary/aromatic N) is 2. The van der Waals surface area contributed by atoms with Crippen LogP contribution in [-0.2, 0) is 10.0 Å². The summed E-state index contributed by atoms with van der Waals surface area (Å²) in [6, 6.07) is 14.7. The monoisotopic (exact) mass is 467 g/mol. The van der Waals surface area contributed by atoms with Gasteiger partial charge in [-0.05, 0) is 67.4 Å². The molecule has 33 heavy (non-hydrogen) atoms. The molecular weight excluding hydrogens is 442 g/mol. The number of hydrogen-bond acceptors (Lipinski definition) is 6. The molecular formula is C24H25N3O5S. The third-order valence-corrected chi connectivity index (χ3v) is 7.25. The van der Waals surface area contributed by atoms with Gasteiger partial charge in [0.1, 0.15) is 17.2 Å². The number of methoxy groups -OCH3 is 1. The average Bonchev–Trinajstić information content (AvgIpc) is 2.85. The Morgan fingerprint density at radius 2 is 1.76 bits per heavy atom. The summed E-state index contributed by atoms with van der Waals surface area (Å²) < 4.78 is 38.6. The number of rotatable bonds is 7. The molecule has 4 rings (SSSR count). The summed E-state index contributed by atoms with van der Waals surface area (Å²) in [5, 5.41) is 2.76. The number of pyridine rings is 1. The standard InChI is InChI=1S/C24H25N3O5S/c1-31-23-12-11-21(33(29,30)27-14-3-2-4-15-27)16-22(23)26-24(28)18-7-9-19(10-8-18)32-20-6-5-13-25-17-20/h5-13,16-17H,2-4,14-15H2,1H3,(H,26,28). The molecule has 0 unspecified atom stereocenters. The molecule has 1 aliphatic heterocycles. The van der Waals surface area contributed by atoms with Crippen molar-refractivity contribution in [3.63, 3.8) is 0 Å². The van der Waals surface area contributed by atoms with E-state index in [1.165, 1.54) is 23.5 Å². The molecule has 1 aromatic heterocycles. The van der Waals surface area contributed by atoms with Gasteiger partial charge in [0.2, 0.25) is 10.0 Å². The molecule has 1 N–H and O–H groups in total. The van der Waals surface area contributed by atoms with E-state index in [1.807, 2.05) is 0 Å². The zero-order valence-corrected chi connectivity index (χ0v) is 19.0. The van der Waals surface area contributed by atoms with Gasteiger partial charge in [-0.15, -0.1) is 0 Å². The minimum Gasteiger partial charge on any atom is -0.495 e. The maximum Gasteiger partial charge on any atom is 0.255 e. The first-order valence-corrected chi connectivity index (χ1v) is 12.1. The predicted octanol–water partition coefficient (Wildman–Crippen LogP) is 4.31. The second kappa shape index (κ2) is 10.0. The number of aromatic nitrogens is 1. The van der Waals surface area contributed by atoms with E-state index in [-0.39, 0.29) is 10.6 Å². The SMILES string of the molecule is COc1ccc(S(=O)(=O)N2CCCCC2)cc1NC(=O)c1ccc(Oc2cccnc2)cc1. The van der Waals surface area contributed by atoms with Crippen molar-refractivity contribution in [1.82, 2.24) is 9.29 Å². The predicted molar refractivity (Wildman–Crippen MR) is 124 cm³/mol. The van der Waals surface area contributed by atoms with Crippen molar-refractivity contribution in [2.45, 2.75) is 24.2 Å². The van der Waals surface area contributed by atoms with Crippen LogP contribution in [0.2, 0.25) is 0 Å².